The molecule has 7 heteroatoms. The first-order valence-corrected chi connectivity index (χ1v) is 8.56. The molecule has 2 aromatic heterocycles. The summed E-state index contributed by atoms with van der Waals surface area (Å²) in [5.74, 6) is 0.300. The van der Waals surface area contributed by atoms with Crippen LogP contribution in [0.4, 0.5) is 0 Å². The SMILES string of the molecule is N#Cc1cccc(CNC[C@@H]2COCc3c(-c4ccoc4)nnn3C2)c1. The van der Waals surface area contributed by atoms with Crippen LogP contribution in [-0.2, 0) is 24.4 Å². The van der Waals surface area contributed by atoms with E-state index < -0.39 is 0 Å². The summed E-state index contributed by atoms with van der Waals surface area (Å²) in [7, 11) is 0. The van der Waals surface area contributed by atoms with Crippen molar-refractivity contribution in [2.45, 2.75) is 19.7 Å². The van der Waals surface area contributed by atoms with Gasteiger partial charge in [-0.1, -0.05) is 17.3 Å². The van der Waals surface area contributed by atoms with Gasteiger partial charge in [0.1, 0.15) is 5.69 Å². The molecule has 0 fully saturated rings. The third-order valence-corrected chi connectivity index (χ3v) is 4.47. The molecule has 0 bridgehead atoms. The van der Waals surface area contributed by atoms with Crippen LogP contribution >= 0.6 is 0 Å². The van der Waals surface area contributed by atoms with Crippen LogP contribution in [0.25, 0.3) is 11.3 Å². The van der Waals surface area contributed by atoms with Crippen LogP contribution in [0.1, 0.15) is 16.8 Å². The summed E-state index contributed by atoms with van der Waals surface area (Å²) in [6.07, 6.45) is 3.30. The number of nitrogens with one attached hydrogen (secondary N) is 1. The predicted molar refractivity (Wildman–Crippen MR) is 93.7 cm³/mol. The molecule has 1 N–H and O–H groups in total. The maximum atomic E-state index is 8.98. The number of fused-ring (bicyclic) bond motifs is 1. The third-order valence-electron chi connectivity index (χ3n) is 4.47. The van der Waals surface area contributed by atoms with Crippen molar-refractivity contribution >= 4 is 0 Å². The number of ether oxygens (including phenoxy) is 1. The Kier molecular flexibility index (Phi) is 4.78. The molecule has 0 radical (unpaired) electrons. The highest BCUT2D eigenvalue weighted by Crippen LogP contribution is 2.24. The predicted octanol–water partition coefficient (Wildman–Crippen LogP) is 2.35. The van der Waals surface area contributed by atoms with Crippen molar-refractivity contribution in [2.24, 2.45) is 5.92 Å². The van der Waals surface area contributed by atoms with Gasteiger partial charge in [-0.05, 0) is 23.8 Å². The highest BCUT2D eigenvalue weighted by molar-refractivity contribution is 5.59. The first-order valence-electron chi connectivity index (χ1n) is 8.56. The van der Waals surface area contributed by atoms with Crippen molar-refractivity contribution in [3.05, 3.63) is 59.7 Å². The quantitative estimate of drug-likeness (QED) is 0.760. The monoisotopic (exact) mass is 349 g/mol. The highest BCUT2D eigenvalue weighted by atomic mass is 16.5. The summed E-state index contributed by atoms with van der Waals surface area (Å²) in [6, 6.07) is 11.7. The van der Waals surface area contributed by atoms with Crippen LogP contribution < -0.4 is 5.32 Å². The lowest BCUT2D eigenvalue weighted by Crippen LogP contribution is -2.28. The molecule has 26 heavy (non-hydrogen) atoms. The minimum atomic E-state index is 0.300. The number of rotatable bonds is 5. The number of hydrogen-bond acceptors (Lipinski definition) is 6. The zero-order valence-electron chi connectivity index (χ0n) is 14.3. The third kappa shape index (κ3) is 3.52. The molecule has 0 spiro atoms. The van der Waals surface area contributed by atoms with Crippen molar-refractivity contribution in [1.82, 2.24) is 20.3 Å². The molecule has 3 aromatic rings. The number of nitriles is 1. The summed E-state index contributed by atoms with van der Waals surface area (Å²) in [5.41, 5.74) is 4.50. The molecule has 132 valence electrons. The molecule has 1 aliphatic rings. The van der Waals surface area contributed by atoms with E-state index in [1.54, 1.807) is 12.5 Å². The van der Waals surface area contributed by atoms with Crippen LogP contribution in [-0.4, -0.2) is 28.1 Å². The Bertz CT molecular complexity index is 910. The maximum Gasteiger partial charge on any atom is 0.121 e. The lowest BCUT2D eigenvalue weighted by molar-refractivity contribution is 0.0941. The van der Waals surface area contributed by atoms with Gasteiger partial charge in [0, 0.05) is 31.1 Å². The van der Waals surface area contributed by atoms with Crippen LogP contribution in [0.2, 0.25) is 0 Å². The molecule has 4 rings (SSSR count). The van der Waals surface area contributed by atoms with E-state index in [2.05, 4.69) is 21.7 Å². The topological polar surface area (TPSA) is 88.9 Å². The summed E-state index contributed by atoms with van der Waals surface area (Å²) >= 11 is 0. The first kappa shape index (κ1) is 16.5. The van der Waals surface area contributed by atoms with E-state index in [4.69, 9.17) is 14.4 Å². The number of furan rings is 1. The van der Waals surface area contributed by atoms with Gasteiger partial charge in [0.2, 0.25) is 0 Å². The largest absolute Gasteiger partial charge is 0.472 e. The molecule has 0 amide bonds. The molecule has 3 heterocycles. The first-order chi connectivity index (χ1) is 12.8. The zero-order valence-corrected chi connectivity index (χ0v) is 14.3. The van der Waals surface area contributed by atoms with Gasteiger partial charge in [-0.15, -0.1) is 5.10 Å². The second kappa shape index (κ2) is 7.52. The fourth-order valence-electron chi connectivity index (χ4n) is 3.16. The summed E-state index contributed by atoms with van der Waals surface area (Å²) in [4.78, 5) is 0. The van der Waals surface area contributed by atoms with E-state index in [0.29, 0.717) is 24.7 Å². The molecular weight excluding hydrogens is 330 g/mol. The van der Waals surface area contributed by atoms with Crippen LogP contribution in [0.3, 0.4) is 0 Å². The second-order valence-electron chi connectivity index (χ2n) is 6.40. The van der Waals surface area contributed by atoms with Crippen LogP contribution in [0.15, 0.2) is 47.3 Å². The molecule has 0 saturated heterocycles. The van der Waals surface area contributed by atoms with Crippen molar-refractivity contribution in [3.8, 4) is 17.3 Å². The molecule has 0 unspecified atom stereocenters. The van der Waals surface area contributed by atoms with E-state index in [1.807, 2.05) is 35.0 Å². The molecule has 1 aromatic carbocycles. The fourth-order valence-corrected chi connectivity index (χ4v) is 3.16. The molecule has 0 aliphatic carbocycles. The van der Waals surface area contributed by atoms with Crippen LogP contribution in [0.5, 0.6) is 0 Å². The molecular formula is C19H19N5O2. The lowest BCUT2D eigenvalue weighted by Gasteiger charge is -2.15. The Morgan fingerprint density at radius 1 is 1.35 bits per heavy atom. The van der Waals surface area contributed by atoms with E-state index in [1.165, 1.54) is 0 Å². The van der Waals surface area contributed by atoms with Gasteiger partial charge >= 0.3 is 0 Å². The maximum absolute atomic E-state index is 8.98. The van der Waals surface area contributed by atoms with Crippen LogP contribution in [0, 0.1) is 17.2 Å². The zero-order chi connectivity index (χ0) is 17.8. The Morgan fingerprint density at radius 3 is 3.15 bits per heavy atom. The Hall–Kier alpha value is -2.95. The van der Waals surface area contributed by atoms with Gasteiger partial charge in [0.05, 0.1) is 43.1 Å². The second-order valence-corrected chi connectivity index (χ2v) is 6.40. The standard InChI is InChI=1S/C19H19N5O2/c20-7-14-2-1-3-15(6-14)8-21-9-16-10-24-18(13-26-11-16)19(22-23-24)17-4-5-25-12-17/h1-6,12,16,21H,8-11,13H2/t16-/m0/s1. The molecule has 7 nitrogen and oxygen atoms in total. The van der Waals surface area contributed by atoms with E-state index in [-0.39, 0.29) is 0 Å². The number of benzene rings is 1. The van der Waals surface area contributed by atoms with Crippen molar-refractivity contribution in [1.29, 1.82) is 5.26 Å². The smallest absolute Gasteiger partial charge is 0.121 e. The average Bonchev–Trinajstić information content (AvgIpc) is 3.28. The van der Waals surface area contributed by atoms with Crippen molar-refractivity contribution in [2.75, 3.05) is 13.2 Å². The number of aromatic nitrogens is 3. The van der Waals surface area contributed by atoms with E-state index in [9.17, 15) is 0 Å². The summed E-state index contributed by atoms with van der Waals surface area (Å²) in [5, 5.41) is 21.0. The lowest BCUT2D eigenvalue weighted by atomic mass is 10.1. The van der Waals surface area contributed by atoms with E-state index in [0.717, 1.165) is 42.1 Å². The fraction of sp³-hybridized carbons (Fsp3) is 0.316. The average molecular weight is 349 g/mol. The van der Waals surface area contributed by atoms with Gasteiger partial charge in [0.25, 0.3) is 0 Å². The van der Waals surface area contributed by atoms with Gasteiger partial charge < -0.3 is 14.5 Å². The molecule has 1 aliphatic heterocycles. The summed E-state index contributed by atoms with van der Waals surface area (Å²) < 4.78 is 12.9. The van der Waals surface area contributed by atoms with Gasteiger partial charge in [0.15, 0.2) is 0 Å². The minimum absolute atomic E-state index is 0.300. The van der Waals surface area contributed by atoms with Gasteiger partial charge in [-0.25, -0.2) is 4.68 Å². The Morgan fingerprint density at radius 2 is 2.31 bits per heavy atom. The molecule has 0 saturated carbocycles. The summed E-state index contributed by atoms with van der Waals surface area (Å²) in [6.45, 7) is 3.44. The Labute approximate surface area is 151 Å². The van der Waals surface area contributed by atoms with Crippen molar-refractivity contribution in [3.63, 3.8) is 0 Å². The van der Waals surface area contributed by atoms with E-state index >= 15 is 0 Å². The van der Waals surface area contributed by atoms with Gasteiger partial charge in [-0.3, -0.25) is 0 Å². The Balaban J connectivity index is 1.38. The molecule has 1 atom stereocenters. The number of nitrogens with zero attached hydrogens (tertiary/aromatic N) is 4. The van der Waals surface area contributed by atoms with Crippen molar-refractivity contribution < 1.29 is 9.15 Å². The van der Waals surface area contributed by atoms with Gasteiger partial charge in [-0.2, -0.15) is 5.26 Å². The minimum Gasteiger partial charge on any atom is -0.472 e. The normalized spacial score (nSPS) is 16.7. The highest BCUT2D eigenvalue weighted by Gasteiger charge is 2.22. The number of hydrogen-bond donors (Lipinski definition) is 1.